The van der Waals surface area contributed by atoms with Crippen molar-refractivity contribution in [3.63, 3.8) is 0 Å². The predicted molar refractivity (Wildman–Crippen MR) is 76.7 cm³/mol. The normalized spacial score (nSPS) is 29.2. The van der Waals surface area contributed by atoms with Crippen molar-refractivity contribution in [1.29, 1.82) is 0 Å². The maximum atomic E-state index is 12.9. The fourth-order valence-corrected chi connectivity index (χ4v) is 3.34. The van der Waals surface area contributed by atoms with E-state index in [1.165, 1.54) is 0 Å². The van der Waals surface area contributed by atoms with Crippen molar-refractivity contribution in [2.45, 2.75) is 38.8 Å². The number of amides is 1. The summed E-state index contributed by atoms with van der Waals surface area (Å²) in [6.07, 6.45) is 1.95. The molecule has 3 rings (SSSR count). The number of hydrogen-bond acceptors (Lipinski definition) is 5. The molecule has 1 aromatic rings. The second kappa shape index (κ2) is 6.15. The molecule has 2 saturated heterocycles. The SMILES string of the molecule is CCNC1COCC1C(=O)N1CCCC1c1cc(C)no1. The van der Waals surface area contributed by atoms with Gasteiger partial charge in [-0.1, -0.05) is 12.1 Å². The summed E-state index contributed by atoms with van der Waals surface area (Å²) in [5.74, 6) is 0.891. The topological polar surface area (TPSA) is 67.6 Å². The van der Waals surface area contributed by atoms with E-state index in [2.05, 4.69) is 17.4 Å². The minimum absolute atomic E-state index is 0.0292. The number of likely N-dealkylation sites (tertiary alicyclic amines) is 1. The number of aryl methyl sites for hydroxylation is 1. The summed E-state index contributed by atoms with van der Waals surface area (Å²) < 4.78 is 10.9. The number of carbonyl (C=O) groups excluding carboxylic acids is 1. The zero-order valence-electron chi connectivity index (χ0n) is 12.7. The van der Waals surface area contributed by atoms with Crippen molar-refractivity contribution in [2.24, 2.45) is 5.92 Å². The molecule has 2 aliphatic heterocycles. The highest BCUT2D eigenvalue weighted by atomic mass is 16.5. The van der Waals surface area contributed by atoms with E-state index in [1.807, 2.05) is 17.9 Å². The van der Waals surface area contributed by atoms with Crippen LogP contribution in [0.25, 0.3) is 0 Å². The molecule has 0 spiro atoms. The minimum Gasteiger partial charge on any atom is -0.379 e. The van der Waals surface area contributed by atoms with Crippen LogP contribution in [0.15, 0.2) is 10.6 Å². The Kier molecular flexibility index (Phi) is 4.26. The molecule has 1 aromatic heterocycles. The number of nitrogens with zero attached hydrogens (tertiary/aromatic N) is 2. The molecule has 0 radical (unpaired) electrons. The van der Waals surface area contributed by atoms with Crippen LogP contribution in [0, 0.1) is 12.8 Å². The molecule has 2 fully saturated rings. The predicted octanol–water partition coefficient (Wildman–Crippen LogP) is 1.27. The quantitative estimate of drug-likeness (QED) is 0.905. The molecule has 0 aliphatic carbocycles. The third-order valence-corrected chi connectivity index (χ3v) is 4.37. The third kappa shape index (κ3) is 2.82. The van der Waals surface area contributed by atoms with Crippen LogP contribution in [0.3, 0.4) is 0 Å². The molecule has 116 valence electrons. The van der Waals surface area contributed by atoms with Crippen molar-refractivity contribution in [3.8, 4) is 0 Å². The van der Waals surface area contributed by atoms with Crippen LogP contribution in [0.5, 0.6) is 0 Å². The second-order valence-corrected chi connectivity index (χ2v) is 5.87. The van der Waals surface area contributed by atoms with Crippen LogP contribution < -0.4 is 5.32 Å². The first-order valence-corrected chi connectivity index (χ1v) is 7.75. The summed E-state index contributed by atoms with van der Waals surface area (Å²) in [5, 5.41) is 7.30. The molecule has 6 nitrogen and oxygen atoms in total. The van der Waals surface area contributed by atoms with Gasteiger partial charge in [-0.15, -0.1) is 0 Å². The van der Waals surface area contributed by atoms with E-state index in [0.29, 0.717) is 13.2 Å². The third-order valence-electron chi connectivity index (χ3n) is 4.37. The first-order valence-electron chi connectivity index (χ1n) is 7.75. The highest BCUT2D eigenvalue weighted by molar-refractivity contribution is 5.80. The monoisotopic (exact) mass is 293 g/mol. The fourth-order valence-electron chi connectivity index (χ4n) is 3.34. The van der Waals surface area contributed by atoms with Crippen LogP contribution in [-0.4, -0.2) is 48.3 Å². The van der Waals surface area contributed by atoms with Gasteiger partial charge in [-0.25, -0.2) is 0 Å². The van der Waals surface area contributed by atoms with Crippen LogP contribution in [0.1, 0.15) is 37.3 Å². The zero-order chi connectivity index (χ0) is 14.8. The van der Waals surface area contributed by atoms with E-state index < -0.39 is 0 Å². The van der Waals surface area contributed by atoms with Gasteiger partial charge in [-0.05, 0) is 26.3 Å². The Hall–Kier alpha value is -1.40. The van der Waals surface area contributed by atoms with Gasteiger partial charge in [0, 0.05) is 18.7 Å². The Morgan fingerprint density at radius 1 is 1.52 bits per heavy atom. The molecular formula is C15H23N3O3. The van der Waals surface area contributed by atoms with E-state index in [0.717, 1.165) is 37.4 Å². The number of carbonyl (C=O) groups is 1. The minimum atomic E-state index is -0.0884. The number of hydrogen-bond donors (Lipinski definition) is 1. The van der Waals surface area contributed by atoms with Crippen molar-refractivity contribution in [2.75, 3.05) is 26.3 Å². The molecule has 0 aromatic carbocycles. The summed E-state index contributed by atoms with van der Waals surface area (Å²) in [7, 11) is 0. The average Bonchev–Trinajstić information content (AvgIpc) is 3.17. The summed E-state index contributed by atoms with van der Waals surface area (Å²) in [4.78, 5) is 14.8. The molecule has 21 heavy (non-hydrogen) atoms. The van der Waals surface area contributed by atoms with Gasteiger partial charge < -0.3 is 19.5 Å². The number of rotatable bonds is 4. The van der Waals surface area contributed by atoms with Gasteiger partial charge in [0.15, 0.2) is 5.76 Å². The Morgan fingerprint density at radius 2 is 2.38 bits per heavy atom. The molecule has 2 aliphatic rings. The standard InChI is InChI=1S/C15H23N3O3/c1-3-16-12-9-20-8-11(12)15(19)18-6-4-5-13(18)14-7-10(2)17-21-14/h7,11-13,16H,3-6,8-9H2,1-2H3. The van der Waals surface area contributed by atoms with Gasteiger partial charge >= 0.3 is 0 Å². The second-order valence-electron chi connectivity index (χ2n) is 5.87. The molecule has 1 N–H and O–H groups in total. The van der Waals surface area contributed by atoms with Gasteiger partial charge in [0.2, 0.25) is 5.91 Å². The summed E-state index contributed by atoms with van der Waals surface area (Å²) in [5.41, 5.74) is 0.860. The van der Waals surface area contributed by atoms with E-state index in [-0.39, 0.29) is 23.9 Å². The molecule has 1 amide bonds. The lowest BCUT2D eigenvalue weighted by Crippen LogP contribution is -2.45. The molecule has 0 saturated carbocycles. The van der Waals surface area contributed by atoms with Gasteiger partial charge in [0.1, 0.15) is 0 Å². The zero-order valence-corrected chi connectivity index (χ0v) is 12.7. The number of ether oxygens (including phenoxy) is 1. The molecule has 6 heteroatoms. The Bertz CT molecular complexity index is 502. The maximum Gasteiger partial charge on any atom is 0.230 e. The van der Waals surface area contributed by atoms with Gasteiger partial charge in [0.25, 0.3) is 0 Å². The van der Waals surface area contributed by atoms with E-state index in [4.69, 9.17) is 9.26 Å². The van der Waals surface area contributed by atoms with Crippen LogP contribution in [0.2, 0.25) is 0 Å². The number of likely N-dealkylation sites (N-methyl/N-ethyl adjacent to an activating group) is 1. The summed E-state index contributed by atoms with van der Waals surface area (Å²) in [6, 6.07) is 2.09. The van der Waals surface area contributed by atoms with E-state index in [9.17, 15) is 4.79 Å². The smallest absolute Gasteiger partial charge is 0.230 e. The Balaban J connectivity index is 1.74. The van der Waals surface area contributed by atoms with Crippen molar-refractivity contribution >= 4 is 5.91 Å². The Morgan fingerprint density at radius 3 is 3.10 bits per heavy atom. The lowest BCUT2D eigenvalue weighted by Gasteiger charge is -2.27. The van der Waals surface area contributed by atoms with Crippen LogP contribution in [-0.2, 0) is 9.53 Å². The molecule has 0 bridgehead atoms. The molecule has 3 heterocycles. The van der Waals surface area contributed by atoms with E-state index >= 15 is 0 Å². The largest absolute Gasteiger partial charge is 0.379 e. The van der Waals surface area contributed by atoms with Crippen LogP contribution in [0.4, 0.5) is 0 Å². The molecular weight excluding hydrogens is 270 g/mol. The molecule has 3 atom stereocenters. The summed E-state index contributed by atoms with van der Waals surface area (Å²) in [6.45, 7) is 6.72. The first-order chi connectivity index (χ1) is 10.2. The lowest BCUT2D eigenvalue weighted by molar-refractivity contribution is -0.137. The number of nitrogens with one attached hydrogen (secondary N) is 1. The van der Waals surface area contributed by atoms with Crippen molar-refractivity contribution < 1.29 is 14.1 Å². The highest BCUT2D eigenvalue weighted by Crippen LogP contribution is 2.34. The van der Waals surface area contributed by atoms with Gasteiger partial charge in [0.05, 0.1) is 30.9 Å². The van der Waals surface area contributed by atoms with Gasteiger partial charge in [-0.3, -0.25) is 4.79 Å². The van der Waals surface area contributed by atoms with Crippen molar-refractivity contribution in [1.82, 2.24) is 15.4 Å². The maximum absolute atomic E-state index is 12.9. The van der Waals surface area contributed by atoms with Crippen molar-refractivity contribution in [3.05, 3.63) is 17.5 Å². The average molecular weight is 293 g/mol. The van der Waals surface area contributed by atoms with Crippen LogP contribution >= 0.6 is 0 Å². The lowest BCUT2D eigenvalue weighted by atomic mass is 10.0. The highest BCUT2D eigenvalue weighted by Gasteiger charge is 2.41. The first kappa shape index (κ1) is 14.5. The number of aromatic nitrogens is 1. The van der Waals surface area contributed by atoms with E-state index in [1.54, 1.807) is 0 Å². The van der Waals surface area contributed by atoms with Gasteiger partial charge in [-0.2, -0.15) is 0 Å². The fraction of sp³-hybridized carbons (Fsp3) is 0.733. The molecule has 3 unspecified atom stereocenters. The summed E-state index contributed by atoms with van der Waals surface area (Å²) >= 11 is 0. The Labute approximate surface area is 124 Å².